The van der Waals surface area contributed by atoms with Gasteiger partial charge in [0.05, 0.1) is 0 Å². The summed E-state index contributed by atoms with van der Waals surface area (Å²) in [7, 11) is 2.55. The Kier molecular flexibility index (Phi) is 19.9. The number of para-hydroxylation sites is 4. The van der Waals surface area contributed by atoms with Crippen molar-refractivity contribution in [2.24, 2.45) is 0 Å². The topological polar surface area (TPSA) is 13.0 Å². The minimum atomic E-state index is -0.540. The SMILES string of the molecule is [B]1N(CP(c2ccccc2)c2ccccc2)c2ccccc2N1CP(c1ccccc1)c1ccccc1.[B]1N(CP(c2ccccc2)c2ccccc2)c2ccccc2N1CP(c1ccccc1)c1ccccc1.[Ni].[Ni]. The van der Waals surface area contributed by atoms with Gasteiger partial charge in [0.15, 0.2) is 0 Å². The fourth-order valence-electron chi connectivity index (χ4n) is 9.66. The molecule has 2 aliphatic heterocycles. The summed E-state index contributed by atoms with van der Waals surface area (Å²) in [6, 6.07) is 106. The van der Waals surface area contributed by atoms with Crippen LogP contribution < -0.4 is 61.7 Å². The van der Waals surface area contributed by atoms with Crippen LogP contribution in [0.1, 0.15) is 0 Å². The molecular formula is C64H56B2N4Ni2P4. The molecule has 0 aliphatic carbocycles. The zero-order chi connectivity index (χ0) is 49.7. The Morgan fingerprint density at radius 3 is 0.474 bits per heavy atom. The maximum atomic E-state index is 2.48. The van der Waals surface area contributed by atoms with Gasteiger partial charge in [0, 0.05) is 80.9 Å². The third-order valence-corrected chi connectivity index (χ3v) is 23.0. The second-order valence-corrected chi connectivity index (χ2v) is 26.7. The number of anilines is 4. The summed E-state index contributed by atoms with van der Waals surface area (Å²) >= 11 is 0. The summed E-state index contributed by atoms with van der Waals surface area (Å²) in [5.74, 6) is 0. The van der Waals surface area contributed by atoms with Crippen LogP contribution in [0, 0.1) is 0 Å². The molecule has 0 fully saturated rings. The van der Waals surface area contributed by atoms with Crippen LogP contribution in [0.25, 0.3) is 0 Å². The molecule has 10 aromatic carbocycles. The van der Waals surface area contributed by atoms with Gasteiger partial charge in [0.25, 0.3) is 0 Å². The van der Waals surface area contributed by atoms with Crippen LogP contribution in [0.3, 0.4) is 0 Å². The van der Waals surface area contributed by atoms with Crippen molar-refractivity contribution in [2.75, 3.05) is 44.4 Å². The molecule has 2 heterocycles. The number of benzene rings is 10. The van der Waals surface area contributed by atoms with Crippen molar-refractivity contribution in [3.05, 3.63) is 291 Å². The molecule has 0 saturated heterocycles. The largest absolute Gasteiger partial charge is 0.393 e. The van der Waals surface area contributed by atoms with E-state index in [1.165, 1.54) is 65.2 Å². The molecule has 10 aromatic rings. The summed E-state index contributed by atoms with van der Waals surface area (Å²) < 4.78 is 0. The van der Waals surface area contributed by atoms with Gasteiger partial charge in [-0.05, 0) is 98.4 Å². The average molecular weight is 1140 g/mol. The van der Waals surface area contributed by atoms with E-state index in [-0.39, 0.29) is 33.0 Å². The third kappa shape index (κ3) is 13.3. The molecule has 0 unspecified atom stereocenters. The van der Waals surface area contributed by atoms with Crippen LogP contribution in [0.5, 0.6) is 0 Å². The van der Waals surface area contributed by atoms with E-state index in [4.69, 9.17) is 0 Å². The van der Waals surface area contributed by atoms with Gasteiger partial charge in [-0.25, -0.2) is 0 Å². The van der Waals surface area contributed by atoms with Crippen LogP contribution in [-0.2, 0) is 33.0 Å². The number of fused-ring (bicyclic) bond motifs is 2. The zero-order valence-electron chi connectivity index (χ0n) is 41.9. The van der Waals surface area contributed by atoms with E-state index in [2.05, 4.69) is 326 Å². The average Bonchev–Trinajstić information content (AvgIpc) is 4.03. The first kappa shape index (κ1) is 55.0. The van der Waals surface area contributed by atoms with Crippen molar-refractivity contribution in [1.82, 2.24) is 0 Å². The third-order valence-electron chi connectivity index (χ3n) is 13.3. The first-order valence-electron chi connectivity index (χ1n) is 25.2. The van der Waals surface area contributed by atoms with E-state index in [0.717, 1.165) is 25.1 Å². The normalized spacial score (nSPS) is 12.3. The van der Waals surface area contributed by atoms with Crippen LogP contribution >= 0.6 is 31.7 Å². The van der Waals surface area contributed by atoms with Crippen molar-refractivity contribution < 1.29 is 33.0 Å². The molecule has 0 saturated carbocycles. The Hall–Kier alpha value is -5.76. The van der Waals surface area contributed by atoms with Gasteiger partial charge in [-0.1, -0.05) is 267 Å². The minimum absolute atomic E-state index is 0. The minimum Gasteiger partial charge on any atom is -0.393 e. The van der Waals surface area contributed by atoms with Crippen molar-refractivity contribution in [2.45, 2.75) is 0 Å². The molecule has 2 radical (unpaired) electrons. The van der Waals surface area contributed by atoms with Gasteiger partial charge in [0.2, 0.25) is 0 Å². The summed E-state index contributed by atoms with van der Waals surface area (Å²) in [5, 5.41) is 11.3. The summed E-state index contributed by atoms with van der Waals surface area (Å²) in [5.41, 5.74) is 5.16. The Balaban J connectivity index is 0.000000181. The smallest absolute Gasteiger partial charge is 0.392 e. The Morgan fingerprint density at radius 2 is 0.329 bits per heavy atom. The first-order valence-corrected chi connectivity index (χ1v) is 31.3. The van der Waals surface area contributed by atoms with E-state index in [9.17, 15) is 0 Å². The molecule has 2 aliphatic rings. The van der Waals surface area contributed by atoms with E-state index in [0.29, 0.717) is 0 Å². The van der Waals surface area contributed by atoms with Gasteiger partial charge in [-0.3, -0.25) is 0 Å². The molecule has 4 nitrogen and oxygen atoms in total. The molecule has 378 valence electrons. The molecule has 12 heteroatoms. The fourth-order valence-corrected chi connectivity index (χ4v) is 18.5. The Morgan fingerprint density at radius 1 is 0.197 bits per heavy atom. The first-order chi connectivity index (χ1) is 36.7. The maximum absolute atomic E-state index is 2.48. The van der Waals surface area contributed by atoms with Gasteiger partial charge in [0.1, 0.15) is 0 Å². The number of hydrogen-bond acceptors (Lipinski definition) is 4. The molecule has 12 rings (SSSR count). The van der Waals surface area contributed by atoms with Crippen molar-refractivity contribution >= 4 is 112 Å². The molecule has 0 amide bonds. The molecule has 76 heavy (non-hydrogen) atoms. The molecular weight excluding hydrogens is 1090 g/mol. The van der Waals surface area contributed by atoms with Gasteiger partial charge < -0.3 is 19.2 Å². The second kappa shape index (κ2) is 27.5. The van der Waals surface area contributed by atoms with Crippen LogP contribution in [0.4, 0.5) is 22.7 Å². The quantitative estimate of drug-likeness (QED) is 0.0706. The monoisotopic (exact) mass is 1140 g/mol. The van der Waals surface area contributed by atoms with Crippen LogP contribution in [0.15, 0.2) is 291 Å². The maximum Gasteiger partial charge on any atom is 0.392 e. The summed E-state index contributed by atoms with van der Waals surface area (Å²) in [4.78, 5) is 9.91. The number of hydrogen-bond donors (Lipinski definition) is 0. The van der Waals surface area contributed by atoms with Crippen molar-refractivity contribution in [1.29, 1.82) is 0 Å². The van der Waals surface area contributed by atoms with E-state index >= 15 is 0 Å². The van der Waals surface area contributed by atoms with Crippen molar-refractivity contribution in [3.63, 3.8) is 0 Å². The van der Waals surface area contributed by atoms with E-state index < -0.39 is 31.7 Å². The molecule has 0 atom stereocenters. The predicted octanol–water partition coefficient (Wildman–Crippen LogP) is 12.1. The fraction of sp³-hybridized carbons (Fsp3) is 0.0625. The Labute approximate surface area is 477 Å². The molecule has 0 bridgehead atoms. The van der Waals surface area contributed by atoms with Gasteiger partial charge >= 0.3 is 15.1 Å². The van der Waals surface area contributed by atoms with E-state index in [1.54, 1.807) is 0 Å². The summed E-state index contributed by atoms with van der Waals surface area (Å²) in [6.45, 7) is 0. The van der Waals surface area contributed by atoms with Crippen LogP contribution in [0.2, 0.25) is 0 Å². The number of nitrogens with zero attached hydrogens (tertiary/aromatic N) is 4. The van der Waals surface area contributed by atoms with Gasteiger partial charge in [-0.2, -0.15) is 0 Å². The predicted molar refractivity (Wildman–Crippen MR) is 330 cm³/mol. The standard InChI is InChI=1S/2C32H28BN2P2.2Ni/c2*1-5-15-27(16-6-1)36(28-17-7-2-8-18-28)25-34-31-23-13-14-24-32(31)35(33-34)26-37(29-19-9-3-10-20-29)30-21-11-4-12-22-30;;/h2*1-24H,25-26H2;;. The zero-order valence-corrected chi connectivity index (χ0v) is 47.5. The van der Waals surface area contributed by atoms with Gasteiger partial charge in [-0.15, -0.1) is 0 Å². The second-order valence-electron chi connectivity index (χ2n) is 18.0. The molecule has 0 aromatic heterocycles. The Bertz CT molecular complexity index is 2700. The summed E-state index contributed by atoms with van der Waals surface area (Å²) in [6.07, 6.45) is 3.80. The molecule has 0 spiro atoms. The van der Waals surface area contributed by atoms with E-state index in [1.807, 2.05) is 0 Å². The molecule has 0 N–H and O–H groups in total. The van der Waals surface area contributed by atoms with Crippen molar-refractivity contribution in [3.8, 4) is 0 Å². The van der Waals surface area contributed by atoms with Crippen LogP contribution in [-0.4, -0.2) is 40.2 Å². The number of rotatable bonds is 16.